The quantitative estimate of drug-likeness (QED) is 0.313. The standard InChI is InChI=1S/C31H32N4O6S/c1-21-29(31(38)35(33(21)3)24-13-6-4-7-14-24)32-30(37)22(2)41-28(36)20-27-26-17-11-10-12-23(26)18-19-34(27)42(39,40)25-15-8-5-9-16-25/h4-17,22,27H,18-20H2,1-3H3,(H,32,37)/t22-,27-/m0/s1. The Balaban J connectivity index is 1.34. The summed E-state index contributed by atoms with van der Waals surface area (Å²) in [5, 5.41) is 2.61. The lowest BCUT2D eigenvalue weighted by atomic mass is 9.92. The second kappa shape index (κ2) is 11.8. The fraction of sp³-hybridized carbons (Fsp3) is 0.258. The molecule has 0 spiro atoms. The van der Waals surface area contributed by atoms with E-state index >= 15 is 0 Å². The van der Waals surface area contributed by atoms with E-state index in [9.17, 15) is 22.8 Å². The number of sulfonamides is 1. The molecule has 1 aliphatic rings. The van der Waals surface area contributed by atoms with Crippen molar-refractivity contribution in [2.24, 2.45) is 7.05 Å². The van der Waals surface area contributed by atoms with E-state index in [4.69, 9.17) is 4.74 Å². The second-order valence-corrected chi connectivity index (χ2v) is 12.0. The molecule has 1 N–H and O–H groups in total. The second-order valence-electron chi connectivity index (χ2n) is 10.2. The molecule has 2 heterocycles. The van der Waals surface area contributed by atoms with E-state index in [1.54, 1.807) is 67.2 Å². The summed E-state index contributed by atoms with van der Waals surface area (Å²) in [4.78, 5) is 39.5. The maximum absolute atomic E-state index is 13.6. The van der Waals surface area contributed by atoms with Gasteiger partial charge in [0.2, 0.25) is 10.0 Å². The Morgan fingerprint density at radius 3 is 2.29 bits per heavy atom. The summed E-state index contributed by atoms with van der Waals surface area (Å²) in [6.07, 6.45) is -1.02. The van der Waals surface area contributed by atoms with E-state index in [0.29, 0.717) is 17.8 Å². The molecule has 0 fully saturated rings. The minimum absolute atomic E-state index is 0.0792. The van der Waals surface area contributed by atoms with Crippen molar-refractivity contribution >= 4 is 27.6 Å². The molecule has 5 rings (SSSR count). The average molecular weight is 589 g/mol. The Labute approximate surface area is 244 Å². The first-order valence-corrected chi connectivity index (χ1v) is 15.0. The van der Waals surface area contributed by atoms with Gasteiger partial charge in [-0.1, -0.05) is 60.7 Å². The highest BCUT2D eigenvalue weighted by molar-refractivity contribution is 7.89. The van der Waals surface area contributed by atoms with Crippen LogP contribution in [0.1, 0.15) is 36.2 Å². The Bertz CT molecular complexity index is 1780. The van der Waals surface area contributed by atoms with Gasteiger partial charge >= 0.3 is 5.97 Å². The molecule has 0 aliphatic carbocycles. The number of carbonyl (C=O) groups excluding carboxylic acids is 2. The third-order valence-electron chi connectivity index (χ3n) is 7.55. The maximum Gasteiger partial charge on any atom is 0.308 e. The lowest BCUT2D eigenvalue weighted by Crippen LogP contribution is -2.41. The summed E-state index contributed by atoms with van der Waals surface area (Å²) in [7, 11) is -2.20. The van der Waals surface area contributed by atoms with Gasteiger partial charge in [0.15, 0.2) is 6.10 Å². The van der Waals surface area contributed by atoms with Gasteiger partial charge in [-0.05, 0) is 55.7 Å². The van der Waals surface area contributed by atoms with Crippen LogP contribution in [0.5, 0.6) is 0 Å². The number of aromatic nitrogens is 2. The number of nitrogens with one attached hydrogen (secondary N) is 1. The van der Waals surface area contributed by atoms with Gasteiger partial charge in [0.05, 0.1) is 28.7 Å². The molecular weight excluding hydrogens is 556 g/mol. The van der Waals surface area contributed by atoms with Crippen molar-refractivity contribution < 1.29 is 22.7 Å². The number of amides is 1. The van der Waals surface area contributed by atoms with E-state index in [-0.39, 0.29) is 23.5 Å². The van der Waals surface area contributed by atoms with Crippen molar-refractivity contribution in [1.82, 2.24) is 13.7 Å². The molecule has 0 saturated heterocycles. The van der Waals surface area contributed by atoms with Gasteiger partial charge < -0.3 is 10.1 Å². The molecule has 0 bridgehead atoms. The molecule has 10 nitrogen and oxygen atoms in total. The smallest absolute Gasteiger partial charge is 0.308 e. The molecule has 11 heteroatoms. The Kier molecular flexibility index (Phi) is 8.15. The zero-order valence-electron chi connectivity index (χ0n) is 23.6. The minimum atomic E-state index is -3.91. The number of rotatable bonds is 8. The summed E-state index contributed by atoms with van der Waals surface area (Å²) >= 11 is 0. The Hall–Kier alpha value is -4.48. The first-order valence-electron chi connectivity index (χ1n) is 13.6. The Morgan fingerprint density at radius 2 is 1.60 bits per heavy atom. The van der Waals surface area contributed by atoms with Crippen LogP contribution in [0.2, 0.25) is 0 Å². The summed E-state index contributed by atoms with van der Waals surface area (Å²) in [5.41, 5.74) is 2.49. The van der Waals surface area contributed by atoms with Crippen LogP contribution >= 0.6 is 0 Å². The highest BCUT2D eigenvalue weighted by Crippen LogP contribution is 2.36. The van der Waals surface area contributed by atoms with Gasteiger partial charge in [-0.25, -0.2) is 13.1 Å². The first kappa shape index (κ1) is 29.0. The number of nitrogens with zero attached hydrogens (tertiary/aromatic N) is 3. The maximum atomic E-state index is 13.6. The molecule has 0 saturated carbocycles. The van der Waals surface area contributed by atoms with Crippen LogP contribution < -0.4 is 10.9 Å². The summed E-state index contributed by atoms with van der Waals surface area (Å²) < 4.78 is 37.1. The summed E-state index contributed by atoms with van der Waals surface area (Å²) in [6, 6.07) is 23.7. The van der Waals surface area contributed by atoms with Crippen LogP contribution in [-0.4, -0.2) is 46.6 Å². The number of benzene rings is 3. The molecule has 4 aromatic rings. The van der Waals surface area contributed by atoms with Gasteiger partial charge in [-0.2, -0.15) is 4.31 Å². The van der Waals surface area contributed by atoms with Crippen LogP contribution in [0.25, 0.3) is 5.69 Å². The van der Waals surface area contributed by atoms with Gasteiger partial charge in [0, 0.05) is 13.6 Å². The van der Waals surface area contributed by atoms with E-state index in [1.165, 1.54) is 28.0 Å². The van der Waals surface area contributed by atoms with Gasteiger partial charge in [-0.3, -0.25) is 19.1 Å². The molecule has 0 unspecified atom stereocenters. The number of hydrogen-bond acceptors (Lipinski definition) is 6. The third-order valence-corrected chi connectivity index (χ3v) is 9.48. The molecule has 1 aromatic heterocycles. The fourth-order valence-corrected chi connectivity index (χ4v) is 6.88. The number of esters is 1. The zero-order valence-corrected chi connectivity index (χ0v) is 24.4. The molecule has 3 aromatic carbocycles. The zero-order chi connectivity index (χ0) is 30.0. The predicted octanol–water partition coefficient (Wildman–Crippen LogP) is 3.73. The SMILES string of the molecule is Cc1c(NC(=O)[C@H](C)OC(=O)C[C@H]2c3ccccc3CCN2S(=O)(=O)c2ccccc2)c(=O)n(-c2ccccc2)n1C. The molecule has 2 atom stereocenters. The number of hydrogen-bond donors (Lipinski definition) is 1. The third kappa shape index (κ3) is 5.53. The Morgan fingerprint density at radius 1 is 0.976 bits per heavy atom. The van der Waals surface area contributed by atoms with Crippen molar-refractivity contribution in [1.29, 1.82) is 0 Å². The summed E-state index contributed by atoms with van der Waals surface area (Å²) in [6.45, 7) is 3.31. The van der Waals surface area contributed by atoms with Gasteiger partial charge in [0.25, 0.3) is 11.5 Å². The van der Waals surface area contributed by atoms with Crippen LogP contribution in [0, 0.1) is 6.92 Å². The number of para-hydroxylation sites is 1. The number of carbonyl (C=O) groups is 2. The molecular formula is C31H32N4O6S. The summed E-state index contributed by atoms with van der Waals surface area (Å²) in [5.74, 6) is -1.41. The topological polar surface area (TPSA) is 120 Å². The average Bonchev–Trinajstić information content (AvgIpc) is 3.20. The van der Waals surface area contributed by atoms with Crippen LogP contribution in [-0.2, 0) is 37.8 Å². The first-order chi connectivity index (χ1) is 20.1. The van der Waals surface area contributed by atoms with E-state index in [2.05, 4.69) is 5.32 Å². The molecule has 42 heavy (non-hydrogen) atoms. The highest BCUT2D eigenvalue weighted by atomic mass is 32.2. The van der Waals surface area contributed by atoms with Gasteiger partial charge in [-0.15, -0.1) is 0 Å². The number of ether oxygens (including phenoxy) is 1. The molecule has 1 aliphatic heterocycles. The normalized spacial score (nSPS) is 15.9. The van der Waals surface area contributed by atoms with Crippen molar-refractivity contribution in [3.05, 3.63) is 112 Å². The van der Waals surface area contributed by atoms with Crippen molar-refractivity contribution in [2.75, 3.05) is 11.9 Å². The van der Waals surface area contributed by atoms with Crippen LogP contribution in [0.15, 0.2) is 94.6 Å². The van der Waals surface area contributed by atoms with Crippen LogP contribution in [0.4, 0.5) is 5.69 Å². The van der Waals surface area contributed by atoms with E-state index in [1.807, 2.05) is 24.3 Å². The minimum Gasteiger partial charge on any atom is -0.452 e. The largest absolute Gasteiger partial charge is 0.452 e. The molecule has 0 radical (unpaired) electrons. The monoisotopic (exact) mass is 588 g/mol. The number of anilines is 1. The lowest BCUT2D eigenvalue weighted by molar-refractivity contribution is -0.154. The number of fused-ring (bicyclic) bond motifs is 1. The van der Waals surface area contributed by atoms with Crippen molar-refractivity contribution in [3.63, 3.8) is 0 Å². The highest BCUT2D eigenvalue weighted by Gasteiger charge is 2.38. The van der Waals surface area contributed by atoms with E-state index in [0.717, 1.165) is 11.1 Å². The van der Waals surface area contributed by atoms with Crippen LogP contribution in [0.3, 0.4) is 0 Å². The predicted molar refractivity (Wildman–Crippen MR) is 158 cm³/mol. The molecule has 218 valence electrons. The van der Waals surface area contributed by atoms with Crippen molar-refractivity contribution in [3.8, 4) is 5.69 Å². The van der Waals surface area contributed by atoms with E-state index < -0.39 is 39.6 Å². The van der Waals surface area contributed by atoms with Crippen molar-refractivity contribution in [2.45, 2.75) is 43.7 Å². The lowest BCUT2D eigenvalue weighted by Gasteiger charge is -2.36. The van der Waals surface area contributed by atoms with Gasteiger partial charge in [0.1, 0.15) is 5.69 Å². The fourth-order valence-electron chi connectivity index (χ4n) is 5.25. The molecule has 1 amide bonds.